The Bertz CT molecular complexity index is 609. The minimum absolute atomic E-state index is 0.242. The van der Waals surface area contributed by atoms with Crippen molar-refractivity contribution < 1.29 is 9.53 Å². The summed E-state index contributed by atoms with van der Waals surface area (Å²) in [4.78, 5) is 14.9. The van der Waals surface area contributed by atoms with Gasteiger partial charge >= 0.3 is 0 Å². The summed E-state index contributed by atoms with van der Waals surface area (Å²) in [6.07, 6.45) is 12.2. The van der Waals surface area contributed by atoms with Crippen LogP contribution in [0.2, 0.25) is 0 Å². The van der Waals surface area contributed by atoms with Crippen molar-refractivity contribution in [2.75, 3.05) is 26.0 Å². The fourth-order valence-corrected chi connectivity index (χ4v) is 7.45. The van der Waals surface area contributed by atoms with E-state index in [1.807, 2.05) is 36.1 Å². The van der Waals surface area contributed by atoms with Crippen LogP contribution in [0.15, 0.2) is 12.4 Å². The number of amides is 1. The van der Waals surface area contributed by atoms with E-state index in [0.29, 0.717) is 30.2 Å². The Labute approximate surface area is 160 Å². The highest BCUT2D eigenvalue weighted by molar-refractivity contribution is 8.01. The Hall–Kier alpha value is -1.01. The molecule has 5 nitrogen and oxygen atoms in total. The molecule has 1 aromatic rings. The van der Waals surface area contributed by atoms with E-state index in [9.17, 15) is 4.79 Å². The summed E-state index contributed by atoms with van der Waals surface area (Å²) in [5.74, 6) is 3.65. The Kier molecular flexibility index (Phi) is 5.33. The molecule has 1 heterocycles. The SMILES string of the molecule is COCCN(Cc1cnn(C)c1)C(=O)CSC12CC3CC(CC(C3)C1)C2. The molecule has 0 N–H and O–H groups in total. The zero-order valence-electron chi connectivity index (χ0n) is 16.0. The number of aryl methyl sites for hydroxylation is 1. The van der Waals surface area contributed by atoms with Gasteiger partial charge in [-0.3, -0.25) is 9.48 Å². The maximum atomic E-state index is 13.0. The van der Waals surface area contributed by atoms with Gasteiger partial charge in [-0.25, -0.2) is 0 Å². The van der Waals surface area contributed by atoms with Crippen molar-refractivity contribution in [2.24, 2.45) is 24.8 Å². The second-order valence-corrected chi connectivity index (χ2v) is 10.2. The smallest absolute Gasteiger partial charge is 0.232 e. The minimum atomic E-state index is 0.242. The lowest BCUT2D eigenvalue weighted by Crippen LogP contribution is -2.49. The molecule has 0 spiro atoms. The van der Waals surface area contributed by atoms with E-state index in [1.165, 1.54) is 38.5 Å². The Morgan fingerprint density at radius 3 is 2.50 bits per heavy atom. The van der Waals surface area contributed by atoms with E-state index in [0.717, 1.165) is 23.3 Å². The van der Waals surface area contributed by atoms with Gasteiger partial charge in [-0.1, -0.05) is 0 Å². The van der Waals surface area contributed by atoms with Crippen molar-refractivity contribution in [3.05, 3.63) is 18.0 Å². The van der Waals surface area contributed by atoms with Crippen molar-refractivity contribution in [2.45, 2.75) is 49.8 Å². The minimum Gasteiger partial charge on any atom is -0.383 e. The van der Waals surface area contributed by atoms with E-state index in [4.69, 9.17) is 4.74 Å². The van der Waals surface area contributed by atoms with Crippen molar-refractivity contribution >= 4 is 17.7 Å². The molecule has 0 saturated heterocycles. The van der Waals surface area contributed by atoms with Gasteiger partial charge in [-0.15, -0.1) is 11.8 Å². The molecular formula is C20H31N3O2S. The Morgan fingerprint density at radius 2 is 1.96 bits per heavy atom. The standard InChI is InChI=1S/C20H31N3O2S/c1-22-12-18(11-21-22)13-23(3-4-25-2)19(24)14-26-20-8-15-5-16(9-20)7-17(6-15)10-20/h11-12,15-17H,3-10,13-14H2,1-2H3. The predicted molar refractivity (Wildman–Crippen MR) is 104 cm³/mol. The molecule has 0 unspecified atom stereocenters. The van der Waals surface area contributed by atoms with Crippen LogP contribution in [0.5, 0.6) is 0 Å². The molecule has 4 aliphatic rings. The number of aromatic nitrogens is 2. The van der Waals surface area contributed by atoms with E-state index in [2.05, 4.69) is 5.10 Å². The third-order valence-corrected chi connectivity index (χ3v) is 8.04. The maximum Gasteiger partial charge on any atom is 0.232 e. The van der Waals surface area contributed by atoms with Crippen LogP contribution in [0.1, 0.15) is 44.1 Å². The lowest BCUT2D eigenvalue weighted by Gasteiger charge is -2.56. The zero-order valence-corrected chi connectivity index (χ0v) is 16.8. The summed E-state index contributed by atoms with van der Waals surface area (Å²) < 4.78 is 7.41. The van der Waals surface area contributed by atoms with Crippen molar-refractivity contribution in [1.82, 2.24) is 14.7 Å². The van der Waals surface area contributed by atoms with E-state index >= 15 is 0 Å². The van der Waals surface area contributed by atoms with Gasteiger partial charge < -0.3 is 9.64 Å². The van der Waals surface area contributed by atoms with Crippen LogP contribution in [-0.2, 0) is 23.1 Å². The summed E-state index contributed by atoms with van der Waals surface area (Å²) in [5, 5.41) is 4.22. The summed E-state index contributed by atoms with van der Waals surface area (Å²) in [5.41, 5.74) is 1.08. The van der Waals surface area contributed by atoms with E-state index in [-0.39, 0.29) is 5.91 Å². The number of hydrogen-bond acceptors (Lipinski definition) is 4. The predicted octanol–water partition coefficient (Wildman–Crippen LogP) is 3.10. The molecule has 4 bridgehead atoms. The lowest BCUT2D eigenvalue weighted by molar-refractivity contribution is -0.129. The topological polar surface area (TPSA) is 47.4 Å². The monoisotopic (exact) mass is 377 g/mol. The third kappa shape index (κ3) is 3.96. The van der Waals surface area contributed by atoms with Crippen LogP contribution in [0.25, 0.3) is 0 Å². The molecule has 5 rings (SSSR count). The summed E-state index contributed by atoms with van der Waals surface area (Å²) >= 11 is 1.97. The van der Waals surface area contributed by atoms with Crippen LogP contribution in [0, 0.1) is 17.8 Å². The first kappa shape index (κ1) is 18.4. The molecule has 1 aromatic heterocycles. The maximum absolute atomic E-state index is 13.0. The molecule has 0 aliphatic heterocycles. The molecule has 1 amide bonds. The van der Waals surface area contributed by atoms with Crippen molar-refractivity contribution in [3.63, 3.8) is 0 Å². The molecule has 26 heavy (non-hydrogen) atoms. The zero-order chi connectivity index (χ0) is 18.1. The van der Waals surface area contributed by atoms with Crippen LogP contribution in [0.3, 0.4) is 0 Å². The molecule has 0 aromatic carbocycles. The number of carbonyl (C=O) groups is 1. The fraction of sp³-hybridized carbons (Fsp3) is 0.800. The highest BCUT2D eigenvalue weighted by Gasteiger charge is 2.51. The van der Waals surface area contributed by atoms with Crippen LogP contribution in [-0.4, -0.2) is 51.3 Å². The first-order valence-corrected chi connectivity index (χ1v) is 10.9. The number of thioether (sulfide) groups is 1. The van der Waals surface area contributed by atoms with Gasteiger partial charge in [0.2, 0.25) is 5.91 Å². The summed E-state index contributed by atoms with van der Waals surface area (Å²) in [7, 11) is 3.60. The molecule has 4 aliphatic carbocycles. The number of nitrogens with zero attached hydrogens (tertiary/aromatic N) is 3. The van der Waals surface area contributed by atoms with E-state index < -0.39 is 0 Å². The third-order valence-electron chi connectivity index (χ3n) is 6.53. The van der Waals surface area contributed by atoms with Crippen molar-refractivity contribution in [1.29, 1.82) is 0 Å². The molecule has 6 heteroatoms. The number of ether oxygens (including phenoxy) is 1. The molecule has 4 saturated carbocycles. The van der Waals surface area contributed by atoms with Crippen LogP contribution < -0.4 is 0 Å². The molecule has 4 fully saturated rings. The normalized spacial score (nSPS) is 32.2. The molecule has 144 valence electrons. The molecular weight excluding hydrogens is 346 g/mol. The van der Waals surface area contributed by atoms with Gasteiger partial charge in [0.25, 0.3) is 0 Å². The van der Waals surface area contributed by atoms with Gasteiger partial charge in [0, 0.05) is 43.8 Å². The van der Waals surface area contributed by atoms with Gasteiger partial charge in [0.15, 0.2) is 0 Å². The van der Waals surface area contributed by atoms with Crippen LogP contribution >= 0.6 is 11.8 Å². The summed E-state index contributed by atoms with van der Waals surface area (Å²) in [6.45, 7) is 1.84. The number of methoxy groups -OCH3 is 1. The quantitative estimate of drug-likeness (QED) is 0.698. The Balaban J connectivity index is 1.36. The average molecular weight is 378 g/mol. The largest absolute Gasteiger partial charge is 0.383 e. The number of hydrogen-bond donors (Lipinski definition) is 0. The van der Waals surface area contributed by atoms with Crippen molar-refractivity contribution in [3.8, 4) is 0 Å². The highest BCUT2D eigenvalue weighted by atomic mass is 32.2. The second-order valence-electron chi connectivity index (χ2n) is 8.72. The van der Waals surface area contributed by atoms with Gasteiger partial charge in [0.05, 0.1) is 18.6 Å². The molecule has 0 radical (unpaired) electrons. The average Bonchev–Trinajstić information content (AvgIpc) is 3.00. The number of carbonyl (C=O) groups excluding carboxylic acids is 1. The number of rotatable bonds is 8. The second kappa shape index (κ2) is 7.55. The van der Waals surface area contributed by atoms with Gasteiger partial charge in [0.1, 0.15) is 0 Å². The molecule has 0 atom stereocenters. The fourth-order valence-electron chi connectivity index (χ4n) is 5.78. The first-order valence-electron chi connectivity index (χ1n) is 9.93. The highest BCUT2D eigenvalue weighted by Crippen LogP contribution is 2.60. The van der Waals surface area contributed by atoms with Gasteiger partial charge in [-0.2, -0.15) is 5.10 Å². The Morgan fingerprint density at radius 1 is 1.31 bits per heavy atom. The van der Waals surface area contributed by atoms with E-state index in [1.54, 1.807) is 11.8 Å². The van der Waals surface area contributed by atoms with Crippen LogP contribution in [0.4, 0.5) is 0 Å². The first-order chi connectivity index (χ1) is 12.5. The van der Waals surface area contributed by atoms with Gasteiger partial charge in [-0.05, 0) is 56.3 Å². The lowest BCUT2D eigenvalue weighted by atomic mass is 9.56. The summed E-state index contributed by atoms with van der Waals surface area (Å²) in [6, 6.07) is 0.